The molecule has 0 bridgehead atoms. The molecule has 238 valence electrons. The molecule has 2 N–H and O–H groups in total. The van der Waals surface area contributed by atoms with Gasteiger partial charge in [-0.15, -0.1) is 0 Å². The predicted molar refractivity (Wildman–Crippen MR) is 165 cm³/mol. The van der Waals surface area contributed by atoms with Crippen LogP contribution >= 0.6 is 0 Å². The molecule has 1 aromatic rings. The Kier molecular flexibility index (Phi) is 7.99. The van der Waals surface area contributed by atoms with E-state index in [0.29, 0.717) is 54.6 Å². The number of aliphatic hydroxyl groups is 2. The molecule has 4 aliphatic carbocycles. The van der Waals surface area contributed by atoms with E-state index in [4.69, 9.17) is 9.47 Å². The smallest absolute Gasteiger partial charge is 0.231 e. The number of nitrogens with zero attached hydrogens (tertiary/aromatic N) is 2. The Bertz CT molecular complexity index is 1180. The molecule has 1 amide bonds. The Morgan fingerprint density at radius 3 is 2.51 bits per heavy atom. The second-order valence-corrected chi connectivity index (χ2v) is 15.8. The second kappa shape index (κ2) is 11.5. The number of hydrogen-bond donors (Lipinski definition) is 2. The first-order chi connectivity index (χ1) is 20.7. The summed E-state index contributed by atoms with van der Waals surface area (Å²) in [5.41, 5.74) is 1.76. The van der Waals surface area contributed by atoms with Crippen LogP contribution in [0.2, 0.25) is 0 Å². The van der Waals surface area contributed by atoms with Gasteiger partial charge in [0, 0.05) is 39.1 Å². The van der Waals surface area contributed by atoms with Crippen molar-refractivity contribution in [3.63, 3.8) is 0 Å². The van der Waals surface area contributed by atoms with Crippen LogP contribution < -0.4 is 9.47 Å². The van der Waals surface area contributed by atoms with Gasteiger partial charge in [-0.3, -0.25) is 9.69 Å². The zero-order valence-electron chi connectivity index (χ0n) is 26.7. The Labute approximate surface area is 258 Å². The van der Waals surface area contributed by atoms with Gasteiger partial charge in [-0.2, -0.15) is 0 Å². The van der Waals surface area contributed by atoms with E-state index in [-0.39, 0.29) is 23.0 Å². The molecule has 10 atom stereocenters. The minimum Gasteiger partial charge on any atom is -0.454 e. The zero-order valence-corrected chi connectivity index (χ0v) is 26.7. The SMILES string of the molecule is C[C@H](CCC(=O)N1CCN(Cc2ccc3c(c2)OCO3)CC1)[C@@H]1CC[C@@H]2[C@H]3[C@@H](CC[C@@]21C)[C@@]1(C)CC[C@@H](O)C[C@@H]1C[C@@H]3O. The van der Waals surface area contributed by atoms with Gasteiger partial charge in [0.1, 0.15) is 0 Å². The lowest BCUT2D eigenvalue weighted by molar-refractivity contribution is -0.174. The topological polar surface area (TPSA) is 82.5 Å². The Morgan fingerprint density at radius 2 is 1.70 bits per heavy atom. The molecule has 1 aromatic carbocycles. The third-order valence-electron chi connectivity index (χ3n) is 13.8. The van der Waals surface area contributed by atoms with Gasteiger partial charge in [0.15, 0.2) is 11.5 Å². The van der Waals surface area contributed by atoms with E-state index in [2.05, 4.69) is 42.7 Å². The summed E-state index contributed by atoms with van der Waals surface area (Å²) in [7, 11) is 0. The highest BCUT2D eigenvalue weighted by atomic mass is 16.7. The quantitative estimate of drug-likeness (QED) is 0.455. The average Bonchev–Trinajstić information content (AvgIpc) is 3.61. The summed E-state index contributed by atoms with van der Waals surface area (Å²) in [4.78, 5) is 17.8. The molecule has 0 aromatic heterocycles. The highest BCUT2D eigenvalue weighted by molar-refractivity contribution is 5.76. The van der Waals surface area contributed by atoms with Crippen LogP contribution in [-0.4, -0.2) is 71.1 Å². The van der Waals surface area contributed by atoms with Crippen molar-refractivity contribution in [1.82, 2.24) is 9.80 Å². The number of hydrogen-bond acceptors (Lipinski definition) is 6. The lowest BCUT2D eigenvalue weighted by Gasteiger charge is -2.62. The molecular weight excluding hydrogens is 540 g/mol. The summed E-state index contributed by atoms with van der Waals surface area (Å²) < 4.78 is 11.0. The molecule has 43 heavy (non-hydrogen) atoms. The average molecular weight is 595 g/mol. The van der Waals surface area contributed by atoms with E-state index < -0.39 is 0 Å². The lowest BCUT2D eigenvalue weighted by atomic mass is 9.43. The van der Waals surface area contributed by atoms with Gasteiger partial charge in [0.25, 0.3) is 0 Å². The number of amides is 1. The van der Waals surface area contributed by atoms with Crippen LogP contribution in [0, 0.1) is 46.3 Å². The molecule has 4 saturated carbocycles. The third-order valence-corrected chi connectivity index (χ3v) is 13.8. The molecule has 0 spiro atoms. The molecule has 2 aliphatic heterocycles. The highest BCUT2D eigenvalue weighted by Crippen LogP contribution is 2.68. The van der Waals surface area contributed by atoms with Crippen molar-refractivity contribution >= 4 is 5.91 Å². The highest BCUT2D eigenvalue weighted by Gasteiger charge is 2.62. The molecule has 7 rings (SSSR count). The molecule has 5 fully saturated rings. The van der Waals surface area contributed by atoms with Crippen molar-refractivity contribution in [2.24, 2.45) is 46.3 Å². The molecule has 2 heterocycles. The van der Waals surface area contributed by atoms with Gasteiger partial charge >= 0.3 is 0 Å². The van der Waals surface area contributed by atoms with Gasteiger partial charge in [-0.25, -0.2) is 0 Å². The first-order valence-corrected chi connectivity index (χ1v) is 17.4. The van der Waals surface area contributed by atoms with Gasteiger partial charge in [0.05, 0.1) is 12.2 Å². The summed E-state index contributed by atoms with van der Waals surface area (Å²) in [6.45, 7) is 12.0. The molecule has 7 nitrogen and oxygen atoms in total. The van der Waals surface area contributed by atoms with Crippen molar-refractivity contribution in [3.05, 3.63) is 23.8 Å². The van der Waals surface area contributed by atoms with Crippen molar-refractivity contribution in [2.45, 2.75) is 104 Å². The van der Waals surface area contributed by atoms with Crippen molar-refractivity contribution in [2.75, 3.05) is 33.0 Å². The van der Waals surface area contributed by atoms with Crippen LogP contribution in [0.4, 0.5) is 0 Å². The normalized spacial score (nSPS) is 41.3. The minimum absolute atomic E-state index is 0.180. The fourth-order valence-corrected chi connectivity index (χ4v) is 11.3. The maximum Gasteiger partial charge on any atom is 0.231 e. The summed E-state index contributed by atoms with van der Waals surface area (Å²) in [5.74, 6) is 5.18. The fourth-order valence-electron chi connectivity index (χ4n) is 11.3. The van der Waals surface area contributed by atoms with Gasteiger partial charge < -0.3 is 24.6 Å². The fraction of sp³-hybridized carbons (Fsp3) is 0.806. The van der Waals surface area contributed by atoms with Gasteiger partial charge in [-0.1, -0.05) is 26.8 Å². The number of carbonyl (C=O) groups excluding carboxylic acids is 1. The number of rotatable bonds is 6. The first kappa shape index (κ1) is 29.9. The summed E-state index contributed by atoms with van der Waals surface area (Å²) in [6, 6.07) is 6.18. The number of carbonyl (C=O) groups is 1. The summed E-state index contributed by atoms with van der Waals surface area (Å²) >= 11 is 0. The Hall–Kier alpha value is -1.83. The maximum absolute atomic E-state index is 13.3. The summed E-state index contributed by atoms with van der Waals surface area (Å²) in [5, 5.41) is 21.9. The van der Waals surface area contributed by atoms with Crippen LogP contribution in [0.5, 0.6) is 11.5 Å². The molecule has 0 radical (unpaired) electrons. The summed E-state index contributed by atoms with van der Waals surface area (Å²) in [6.07, 6.45) is 9.95. The number of fused-ring (bicyclic) bond motifs is 6. The Balaban J connectivity index is 0.914. The van der Waals surface area contributed by atoms with Crippen LogP contribution in [0.15, 0.2) is 18.2 Å². The van der Waals surface area contributed by atoms with Crippen LogP contribution in [-0.2, 0) is 11.3 Å². The van der Waals surface area contributed by atoms with Crippen LogP contribution in [0.3, 0.4) is 0 Å². The minimum atomic E-state index is -0.225. The van der Waals surface area contributed by atoms with Gasteiger partial charge in [0.2, 0.25) is 12.7 Å². The van der Waals surface area contributed by atoms with E-state index in [1.54, 1.807) is 0 Å². The molecule has 7 heteroatoms. The van der Waals surface area contributed by atoms with Crippen molar-refractivity contribution in [1.29, 1.82) is 0 Å². The van der Waals surface area contributed by atoms with Crippen molar-refractivity contribution < 1.29 is 24.5 Å². The monoisotopic (exact) mass is 594 g/mol. The van der Waals surface area contributed by atoms with Crippen molar-refractivity contribution in [3.8, 4) is 11.5 Å². The van der Waals surface area contributed by atoms with Crippen LogP contribution in [0.25, 0.3) is 0 Å². The molecule has 1 saturated heterocycles. The molecule has 6 aliphatic rings. The van der Waals surface area contributed by atoms with E-state index in [1.165, 1.54) is 31.2 Å². The second-order valence-electron chi connectivity index (χ2n) is 15.8. The maximum atomic E-state index is 13.3. The number of aliphatic hydroxyl groups excluding tert-OH is 2. The first-order valence-electron chi connectivity index (χ1n) is 17.4. The zero-order chi connectivity index (χ0) is 29.9. The van der Waals surface area contributed by atoms with E-state index in [0.717, 1.165) is 76.3 Å². The van der Waals surface area contributed by atoms with Crippen LogP contribution in [0.1, 0.15) is 90.5 Å². The third kappa shape index (κ3) is 5.29. The van der Waals surface area contributed by atoms with E-state index in [1.807, 2.05) is 6.07 Å². The van der Waals surface area contributed by atoms with E-state index >= 15 is 0 Å². The predicted octanol–water partition coefficient (Wildman–Crippen LogP) is 5.47. The largest absolute Gasteiger partial charge is 0.454 e. The molecule has 0 unspecified atom stereocenters. The van der Waals surface area contributed by atoms with Gasteiger partial charge in [-0.05, 0) is 122 Å². The van der Waals surface area contributed by atoms with E-state index in [9.17, 15) is 15.0 Å². The standard InChI is InChI=1S/C36H54N2O5/c1-23(4-9-33(41)38-16-14-37(15-17-38)21-24-5-8-31-32(18-24)43-22-42-31)27-6-7-28-34-29(11-13-36(27,28)3)35(2)12-10-26(39)19-25(35)20-30(34)40/h5,8,18,23,25-30,34,39-40H,4,6-7,9-17,19-22H2,1-3H3/t23-,25-,26-,27+,28-,29-,30+,34+,35+,36-/m1/s1. The number of ether oxygens (including phenoxy) is 2. The lowest BCUT2D eigenvalue weighted by Crippen LogP contribution is -2.58. The number of benzene rings is 1. The number of piperazine rings is 1. The molecular formula is C36H54N2O5. The Morgan fingerprint density at radius 1 is 0.953 bits per heavy atom.